The number of Topliss-reactive ketones (excluding diaryl/α,β-unsaturated/α-hetero) is 1. The Bertz CT molecular complexity index is 1230. The Hall–Kier alpha value is -3.34. The summed E-state index contributed by atoms with van der Waals surface area (Å²) in [4.78, 5) is 27.5. The summed E-state index contributed by atoms with van der Waals surface area (Å²) in [6.07, 6.45) is 0. The summed E-state index contributed by atoms with van der Waals surface area (Å²) in [5.74, 6) is -0.935. The summed E-state index contributed by atoms with van der Waals surface area (Å²) in [7, 11) is 0. The molecule has 4 aromatic rings. The van der Waals surface area contributed by atoms with E-state index in [1.165, 1.54) is 0 Å². The molecule has 0 fully saturated rings. The molecule has 0 saturated heterocycles. The molecule has 0 aliphatic heterocycles. The first-order valence-corrected chi connectivity index (χ1v) is 12.4. The first-order valence-electron chi connectivity index (χ1n) is 11.0. The van der Waals surface area contributed by atoms with E-state index in [4.69, 9.17) is 11.6 Å². The van der Waals surface area contributed by atoms with Crippen LogP contribution in [0, 0.1) is 5.92 Å². The molecular weight excluding hydrogens is 462 g/mol. The van der Waals surface area contributed by atoms with Gasteiger partial charge in [0.25, 0.3) is 0 Å². The van der Waals surface area contributed by atoms with E-state index < -0.39 is 11.2 Å². The number of halogens is 1. The number of hydrogen-bond acceptors (Lipinski definition) is 3. The molecule has 3 nitrogen and oxygen atoms in total. The fourth-order valence-electron chi connectivity index (χ4n) is 3.75. The van der Waals surface area contributed by atoms with Crippen molar-refractivity contribution in [3.8, 4) is 0 Å². The van der Waals surface area contributed by atoms with Crippen molar-refractivity contribution in [2.45, 2.75) is 11.0 Å². The predicted molar refractivity (Wildman–Crippen MR) is 141 cm³/mol. The van der Waals surface area contributed by atoms with Crippen LogP contribution in [0.15, 0.2) is 115 Å². The number of hydrogen-bond donors (Lipinski definition) is 1. The first kappa shape index (κ1) is 23.8. The number of ketones is 1. The molecule has 170 valence electrons. The van der Waals surface area contributed by atoms with Crippen molar-refractivity contribution >= 4 is 40.7 Å². The lowest BCUT2D eigenvalue weighted by Crippen LogP contribution is -2.34. The molecule has 0 aliphatic rings. The second-order valence-electron chi connectivity index (χ2n) is 7.80. The van der Waals surface area contributed by atoms with Crippen molar-refractivity contribution in [2.24, 2.45) is 5.92 Å². The Balaban J connectivity index is 1.75. The topological polar surface area (TPSA) is 46.2 Å². The maximum atomic E-state index is 13.8. The highest BCUT2D eigenvalue weighted by Crippen LogP contribution is 2.42. The number of benzene rings is 4. The highest BCUT2D eigenvalue weighted by atomic mass is 35.5. The highest BCUT2D eigenvalue weighted by Gasteiger charge is 2.37. The third-order valence-corrected chi connectivity index (χ3v) is 7.18. The van der Waals surface area contributed by atoms with E-state index in [2.05, 4.69) is 5.32 Å². The zero-order valence-corrected chi connectivity index (χ0v) is 20.0. The summed E-state index contributed by atoms with van der Waals surface area (Å²) in [5, 5.41) is 3.00. The van der Waals surface area contributed by atoms with Crippen LogP contribution >= 0.6 is 23.4 Å². The molecule has 0 heterocycles. The van der Waals surface area contributed by atoms with Crippen LogP contribution in [0.5, 0.6) is 0 Å². The summed E-state index contributed by atoms with van der Waals surface area (Å²) in [6.45, 7) is 0. The van der Waals surface area contributed by atoms with Crippen LogP contribution in [0.25, 0.3) is 0 Å². The van der Waals surface area contributed by atoms with Gasteiger partial charge in [-0.05, 0) is 29.3 Å². The summed E-state index contributed by atoms with van der Waals surface area (Å²) in [5.41, 5.74) is 3.01. The fraction of sp³-hybridized carbons (Fsp3) is 0.103. The zero-order valence-electron chi connectivity index (χ0n) is 18.4. The van der Waals surface area contributed by atoms with Crippen molar-refractivity contribution in [3.05, 3.63) is 137 Å². The number of carbonyl (C=O) groups excluding carboxylic acids is 2. The van der Waals surface area contributed by atoms with Gasteiger partial charge in [-0.2, -0.15) is 0 Å². The van der Waals surface area contributed by atoms with Crippen molar-refractivity contribution in [2.75, 3.05) is 5.32 Å². The fourth-order valence-corrected chi connectivity index (χ4v) is 5.46. The average Bonchev–Trinajstić information content (AvgIpc) is 2.88. The zero-order chi connectivity index (χ0) is 23.8. The minimum absolute atomic E-state index is 0.237. The lowest BCUT2D eigenvalue weighted by Gasteiger charge is -2.26. The Labute approximate surface area is 209 Å². The molecule has 0 aliphatic carbocycles. The quantitative estimate of drug-likeness (QED) is 0.198. The molecule has 0 bridgehead atoms. The molecule has 1 amide bonds. The number of para-hydroxylation sites is 1. The molecule has 1 N–H and O–H groups in total. The number of nitrogens with one attached hydrogen (secondary N) is 1. The van der Waals surface area contributed by atoms with Crippen molar-refractivity contribution in [1.82, 2.24) is 0 Å². The first-order chi connectivity index (χ1) is 16.6. The molecule has 0 radical (unpaired) electrons. The van der Waals surface area contributed by atoms with Crippen molar-refractivity contribution < 1.29 is 9.59 Å². The summed E-state index contributed by atoms with van der Waals surface area (Å²) >= 11 is 8.15. The van der Waals surface area contributed by atoms with Crippen LogP contribution in [0.3, 0.4) is 0 Å². The average molecular weight is 486 g/mol. The molecule has 2 atom stereocenters. The van der Waals surface area contributed by atoms with Crippen LogP contribution in [-0.4, -0.2) is 11.7 Å². The Morgan fingerprint density at radius 1 is 0.735 bits per heavy atom. The van der Waals surface area contributed by atoms with Gasteiger partial charge in [0.05, 0.1) is 5.25 Å². The molecule has 4 rings (SSSR count). The second-order valence-corrected chi connectivity index (χ2v) is 9.34. The maximum Gasteiger partial charge on any atom is 0.236 e. The van der Waals surface area contributed by atoms with Gasteiger partial charge in [-0.15, -0.1) is 11.8 Å². The van der Waals surface area contributed by atoms with Crippen LogP contribution in [-0.2, 0) is 10.5 Å². The molecule has 34 heavy (non-hydrogen) atoms. The van der Waals surface area contributed by atoms with Crippen molar-refractivity contribution in [3.63, 3.8) is 0 Å². The Kier molecular flexibility index (Phi) is 8.18. The largest absolute Gasteiger partial charge is 0.325 e. The highest BCUT2D eigenvalue weighted by molar-refractivity contribution is 7.98. The van der Waals surface area contributed by atoms with Gasteiger partial charge in [0.1, 0.15) is 5.92 Å². The molecule has 0 unspecified atom stereocenters. The Morgan fingerprint density at radius 3 is 1.94 bits per heavy atom. The maximum absolute atomic E-state index is 13.8. The lowest BCUT2D eigenvalue weighted by molar-refractivity contribution is -0.118. The van der Waals surface area contributed by atoms with Gasteiger partial charge < -0.3 is 5.32 Å². The van der Waals surface area contributed by atoms with Gasteiger partial charge in [0.15, 0.2) is 5.78 Å². The van der Waals surface area contributed by atoms with Gasteiger partial charge in [-0.25, -0.2) is 0 Å². The predicted octanol–water partition coefficient (Wildman–Crippen LogP) is 7.45. The molecule has 5 heteroatoms. The van der Waals surface area contributed by atoms with Crippen LogP contribution in [0.2, 0.25) is 5.02 Å². The van der Waals surface area contributed by atoms with Gasteiger partial charge in [-0.3, -0.25) is 9.59 Å². The number of carbonyl (C=O) groups is 2. The van der Waals surface area contributed by atoms with E-state index in [1.807, 2.05) is 84.9 Å². The number of anilines is 1. The third kappa shape index (κ3) is 5.96. The third-order valence-electron chi connectivity index (χ3n) is 5.45. The van der Waals surface area contributed by atoms with Crippen LogP contribution < -0.4 is 5.32 Å². The summed E-state index contributed by atoms with van der Waals surface area (Å²) in [6, 6.07) is 35.6. The van der Waals surface area contributed by atoms with Gasteiger partial charge in [0.2, 0.25) is 5.91 Å². The van der Waals surface area contributed by atoms with E-state index in [0.29, 0.717) is 22.0 Å². The number of thioether (sulfide) groups is 1. The monoisotopic (exact) mass is 485 g/mol. The van der Waals surface area contributed by atoms with E-state index >= 15 is 0 Å². The normalized spacial score (nSPS) is 12.5. The second kappa shape index (κ2) is 11.7. The lowest BCUT2D eigenvalue weighted by atomic mass is 9.89. The molecule has 4 aromatic carbocycles. The van der Waals surface area contributed by atoms with E-state index in [0.717, 1.165) is 11.1 Å². The SMILES string of the molecule is O=C(Nc1ccccc1)[C@@H](C(=O)c1ccccc1)[C@@H](SCc1ccccc1)c1ccccc1Cl. The number of amides is 1. The van der Waals surface area contributed by atoms with Gasteiger partial charge >= 0.3 is 0 Å². The molecule has 0 spiro atoms. The molecule has 0 aromatic heterocycles. The Morgan fingerprint density at radius 2 is 1.29 bits per heavy atom. The standard InChI is InChI=1S/C29H24ClNO2S/c30-25-19-11-10-18-24(25)28(34-20-21-12-4-1-5-13-21)26(27(32)22-14-6-2-7-15-22)29(33)31-23-16-8-3-9-17-23/h1-19,26,28H,20H2,(H,31,33)/t26-,28-/m0/s1. The molecule has 0 saturated carbocycles. The van der Waals surface area contributed by atoms with E-state index in [9.17, 15) is 9.59 Å². The molecular formula is C29H24ClNO2S. The summed E-state index contributed by atoms with van der Waals surface area (Å²) < 4.78 is 0. The number of rotatable bonds is 9. The van der Waals surface area contributed by atoms with Crippen LogP contribution in [0.1, 0.15) is 26.7 Å². The van der Waals surface area contributed by atoms with Gasteiger partial charge in [0, 0.05) is 22.0 Å². The smallest absolute Gasteiger partial charge is 0.236 e. The minimum atomic E-state index is -0.976. The minimum Gasteiger partial charge on any atom is -0.325 e. The van der Waals surface area contributed by atoms with E-state index in [1.54, 1.807) is 42.1 Å². The van der Waals surface area contributed by atoms with Crippen LogP contribution in [0.4, 0.5) is 5.69 Å². The van der Waals surface area contributed by atoms with E-state index in [-0.39, 0.29) is 11.7 Å². The van der Waals surface area contributed by atoms with Gasteiger partial charge in [-0.1, -0.05) is 109 Å². The van der Waals surface area contributed by atoms with Crippen molar-refractivity contribution in [1.29, 1.82) is 0 Å².